The van der Waals surface area contributed by atoms with Gasteiger partial charge < -0.3 is 0 Å². The molecular weight excluding hydrogens is 222 g/mol. The highest BCUT2D eigenvalue weighted by Gasteiger charge is 2.29. The van der Waals surface area contributed by atoms with E-state index in [1.165, 1.54) is 6.42 Å². The van der Waals surface area contributed by atoms with E-state index in [1.54, 1.807) is 0 Å². The summed E-state index contributed by atoms with van der Waals surface area (Å²) in [6, 6.07) is 0.158. The van der Waals surface area contributed by atoms with E-state index in [0.717, 1.165) is 25.7 Å². The molecule has 3 atom stereocenters. The zero-order chi connectivity index (χ0) is 12.2. The standard InChI is InChI=1S/C12H25NO2S/c1-4-5-9-16(14,15)13-12-8-6-7-10(2)11(12)3/h10-13H,4-9H2,1-3H3/t10-,11-,12-/m1/s1. The molecule has 1 aliphatic carbocycles. The first-order chi connectivity index (χ1) is 7.46. The van der Waals surface area contributed by atoms with Crippen molar-refractivity contribution in [3.63, 3.8) is 0 Å². The number of unbranched alkanes of at least 4 members (excludes halogenated alkanes) is 1. The molecule has 1 saturated carbocycles. The van der Waals surface area contributed by atoms with E-state index in [0.29, 0.717) is 11.8 Å². The van der Waals surface area contributed by atoms with E-state index < -0.39 is 10.0 Å². The van der Waals surface area contributed by atoms with Gasteiger partial charge in [-0.1, -0.05) is 40.0 Å². The van der Waals surface area contributed by atoms with Gasteiger partial charge in [-0.2, -0.15) is 0 Å². The molecule has 96 valence electrons. The van der Waals surface area contributed by atoms with Gasteiger partial charge in [-0.05, 0) is 24.7 Å². The van der Waals surface area contributed by atoms with Gasteiger partial charge in [0.15, 0.2) is 0 Å². The van der Waals surface area contributed by atoms with Crippen LogP contribution in [0.4, 0.5) is 0 Å². The van der Waals surface area contributed by atoms with Crippen LogP contribution in [-0.2, 0) is 10.0 Å². The predicted molar refractivity (Wildman–Crippen MR) is 67.8 cm³/mol. The number of rotatable bonds is 5. The Labute approximate surface area is 100 Å². The lowest BCUT2D eigenvalue weighted by Crippen LogP contribution is -2.44. The van der Waals surface area contributed by atoms with Crippen molar-refractivity contribution in [3.05, 3.63) is 0 Å². The Morgan fingerprint density at radius 1 is 1.25 bits per heavy atom. The van der Waals surface area contributed by atoms with Gasteiger partial charge in [0, 0.05) is 6.04 Å². The van der Waals surface area contributed by atoms with Crippen molar-refractivity contribution in [3.8, 4) is 0 Å². The van der Waals surface area contributed by atoms with Crippen molar-refractivity contribution in [1.82, 2.24) is 4.72 Å². The summed E-state index contributed by atoms with van der Waals surface area (Å²) in [6.07, 6.45) is 5.06. The maximum atomic E-state index is 11.8. The van der Waals surface area contributed by atoms with Crippen LogP contribution in [0.5, 0.6) is 0 Å². The highest BCUT2D eigenvalue weighted by Crippen LogP contribution is 2.29. The van der Waals surface area contributed by atoms with E-state index in [9.17, 15) is 8.42 Å². The average Bonchev–Trinajstić information content (AvgIpc) is 2.22. The van der Waals surface area contributed by atoms with Gasteiger partial charge in [-0.15, -0.1) is 0 Å². The Kier molecular flexibility index (Phi) is 5.25. The molecule has 0 aromatic heterocycles. The first-order valence-corrected chi connectivity index (χ1v) is 8.11. The molecule has 0 aromatic carbocycles. The van der Waals surface area contributed by atoms with E-state index in [2.05, 4.69) is 18.6 Å². The summed E-state index contributed by atoms with van der Waals surface area (Å²) in [5.41, 5.74) is 0. The van der Waals surface area contributed by atoms with Crippen LogP contribution >= 0.6 is 0 Å². The molecule has 1 fully saturated rings. The second-order valence-corrected chi connectivity index (χ2v) is 7.04. The van der Waals surface area contributed by atoms with Gasteiger partial charge in [-0.3, -0.25) is 0 Å². The van der Waals surface area contributed by atoms with Crippen molar-refractivity contribution >= 4 is 10.0 Å². The first-order valence-electron chi connectivity index (χ1n) is 6.46. The average molecular weight is 247 g/mol. The third-order valence-corrected chi connectivity index (χ3v) is 5.29. The molecule has 0 bridgehead atoms. The van der Waals surface area contributed by atoms with Gasteiger partial charge in [-0.25, -0.2) is 13.1 Å². The lowest BCUT2D eigenvalue weighted by molar-refractivity contribution is 0.227. The minimum Gasteiger partial charge on any atom is -0.212 e. The van der Waals surface area contributed by atoms with Gasteiger partial charge in [0.05, 0.1) is 5.75 Å². The summed E-state index contributed by atoms with van der Waals surface area (Å²) < 4.78 is 26.5. The van der Waals surface area contributed by atoms with Crippen molar-refractivity contribution in [1.29, 1.82) is 0 Å². The molecule has 1 aliphatic rings. The van der Waals surface area contributed by atoms with Gasteiger partial charge >= 0.3 is 0 Å². The molecule has 16 heavy (non-hydrogen) atoms. The number of hydrogen-bond acceptors (Lipinski definition) is 2. The summed E-state index contributed by atoms with van der Waals surface area (Å²) in [6.45, 7) is 6.40. The van der Waals surface area contributed by atoms with Crippen molar-refractivity contribution < 1.29 is 8.42 Å². The van der Waals surface area contributed by atoms with Crippen molar-refractivity contribution in [2.24, 2.45) is 11.8 Å². The van der Waals surface area contributed by atoms with Gasteiger partial charge in [0.25, 0.3) is 0 Å². The lowest BCUT2D eigenvalue weighted by atomic mass is 9.78. The quantitative estimate of drug-likeness (QED) is 0.811. The van der Waals surface area contributed by atoms with Crippen LogP contribution in [0.15, 0.2) is 0 Å². The summed E-state index contributed by atoms with van der Waals surface area (Å²) in [7, 11) is -3.05. The van der Waals surface area contributed by atoms with Crippen LogP contribution < -0.4 is 4.72 Å². The second kappa shape index (κ2) is 6.01. The Hall–Kier alpha value is -0.0900. The fourth-order valence-electron chi connectivity index (χ4n) is 2.37. The van der Waals surface area contributed by atoms with E-state index in [-0.39, 0.29) is 11.8 Å². The second-order valence-electron chi connectivity index (χ2n) is 5.16. The Bertz CT molecular complexity index is 300. The molecule has 0 heterocycles. The molecule has 0 amide bonds. The molecular formula is C12H25NO2S. The molecule has 0 radical (unpaired) electrons. The van der Waals surface area contributed by atoms with Crippen molar-refractivity contribution in [2.75, 3.05) is 5.75 Å². The number of hydrogen-bond donors (Lipinski definition) is 1. The fourth-order valence-corrected chi connectivity index (χ4v) is 3.95. The van der Waals surface area contributed by atoms with Gasteiger partial charge in [0.2, 0.25) is 10.0 Å². The summed E-state index contributed by atoms with van der Waals surface area (Å²) >= 11 is 0. The molecule has 1 N–H and O–H groups in total. The largest absolute Gasteiger partial charge is 0.212 e. The molecule has 0 spiro atoms. The lowest BCUT2D eigenvalue weighted by Gasteiger charge is -2.34. The zero-order valence-electron chi connectivity index (χ0n) is 10.7. The van der Waals surface area contributed by atoms with E-state index >= 15 is 0 Å². The monoisotopic (exact) mass is 247 g/mol. The van der Waals surface area contributed by atoms with Crippen molar-refractivity contribution in [2.45, 2.75) is 58.9 Å². The van der Waals surface area contributed by atoms with Crippen LogP contribution in [-0.4, -0.2) is 20.2 Å². The Balaban J connectivity index is 2.52. The minimum atomic E-state index is -3.05. The van der Waals surface area contributed by atoms with E-state index in [4.69, 9.17) is 0 Å². The summed E-state index contributed by atoms with van der Waals surface area (Å²) in [5.74, 6) is 1.37. The summed E-state index contributed by atoms with van der Waals surface area (Å²) in [4.78, 5) is 0. The zero-order valence-corrected chi connectivity index (χ0v) is 11.5. The van der Waals surface area contributed by atoms with Crippen LogP contribution in [0.2, 0.25) is 0 Å². The Morgan fingerprint density at radius 3 is 2.56 bits per heavy atom. The normalized spacial score (nSPS) is 31.6. The predicted octanol–water partition coefficient (Wildman–Crippen LogP) is 2.53. The fraction of sp³-hybridized carbons (Fsp3) is 1.00. The van der Waals surface area contributed by atoms with Gasteiger partial charge in [0.1, 0.15) is 0 Å². The molecule has 4 heteroatoms. The highest BCUT2D eigenvalue weighted by atomic mass is 32.2. The topological polar surface area (TPSA) is 46.2 Å². The third kappa shape index (κ3) is 4.06. The molecule has 0 saturated heterocycles. The van der Waals surface area contributed by atoms with E-state index in [1.807, 2.05) is 6.92 Å². The molecule has 0 aromatic rings. The number of nitrogens with one attached hydrogen (secondary N) is 1. The highest BCUT2D eigenvalue weighted by molar-refractivity contribution is 7.89. The summed E-state index contributed by atoms with van der Waals surface area (Å²) in [5, 5.41) is 0. The molecule has 0 unspecified atom stereocenters. The first kappa shape index (κ1) is 14.0. The number of sulfonamides is 1. The van der Waals surface area contributed by atoms with Crippen LogP contribution in [0.3, 0.4) is 0 Å². The molecule has 0 aliphatic heterocycles. The maximum Gasteiger partial charge on any atom is 0.211 e. The minimum absolute atomic E-state index is 0.158. The Morgan fingerprint density at radius 2 is 1.94 bits per heavy atom. The maximum absolute atomic E-state index is 11.8. The smallest absolute Gasteiger partial charge is 0.211 e. The third-order valence-electron chi connectivity index (χ3n) is 3.80. The molecule has 3 nitrogen and oxygen atoms in total. The van der Waals surface area contributed by atoms with Crippen LogP contribution in [0.1, 0.15) is 52.9 Å². The molecule has 1 rings (SSSR count). The SMILES string of the molecule is CCCCS(=O)(=O)N[C@@H]1CCC[C@@H](C)[C@H]1C. The van der Waals surface area contributed by atoms with Crippen LogP contribution in [0, 0.1) is 11.8 Å². The van der Waals surface area contributed by atoms with Crippen LogP contribution in [0.25, 0.3) is 0 Å².